The van der Waals surface area contributed by atoms with Crippen molar-refractivity contribution in [2.24, 2.45) is 5.92 Å². The van der Waals surface area contributed by atoms with Crippen LogP contribution in [-0.2, 0) is 11.2 Å². The van der Waals surface area contributed by atoms with Gasteiger partial charge in [-0.1, -0.05) is 5.16 Å². The first-order chi connectivity index (χ1) is 8.19. The zero-order valence-electron chi connectivity index (χ0n) is 10.1. The third kappa shape index (κ3) is 3.06. The van der Waals surface area contributed by atoms with Crippen molar-refractivity contribution in [3.8, 4) is 0 Å². The molecule has 0 bridgehead atoms. The molecule has 1 aromatic rings. The van der Waals surface area contributed by atoms with Gasteiger partial charge < -0.3 is 14.5 Å². The van der Waals surface area contributed by atoms with Crippen molar-refractivity contribution in [3.63, 3.8) is 0 Å². The first-order valence-electron chi connectivity index (χ1n) is 6.00. The fourth-order valence-corrected chi connectivity index (χ4v) is 2.21. The standard InChI is InChI=1S/C12H18N2O3/c1-9-5-11(13-17-9)6-12(16)14-4-2-3-10(7-14)8-15/h5,10,15H,2-4,6-8H2,1H3. The highest BCUT2D eigenvalue weighted by Crippen LogP contribution is 2.16. The van der Waals surface area contributed by atoms with Crippen LogP contribution >= 0.6 is 0 Å². The Labute approximate surface area is 100 Å². The number of amides is 1. The number of piperidine rings is 1. The Morgan fingerprint density at radius 3 is 3.18 bits per heavy atom. The van der Waals surface area contributed by atoms with E-state index in [4.69, 9.17) is 9.63 Å². The van der Waals surface area contributed by atoms with E-state index in [0.29, 0.717) is 12.2 Å². The van der Waals surface area contributed by atoms with Gasteiger partial charge in [-0.15, -0.1) is 0 Å². The predicted molar refractivity (Wildman–Crippen MR) is 61.3 cm³/mol. The van der Waals surface area contributed by atoms with E-state index in [2.05, 4.69) is 5.16 Å². The number of aryl methyl sites for hydroxylation is 1. The molecule has 17 heavy (non-hydrogen) atoms. The third-order valence-corrected chi connectivity index (χ3v) is 3.14. The van der Waals surface area contributed by atoms with E-state index in [1.807, 2.05) is 11.8 Å². The number of aromatic nitrogens is 1. The van der Waals surface area contributed by atoms with E-state index in [9.17, 15) is 4.79 Å². The molecular weight excluding hydrogens is 220 g/mol. The van der Waals surface area contributed by atoms with E-state index >= 15 is 0 Å². The summed E-state index contributed by atoms with van der Waals surface area (Å²) in [4.78, 5) is 13.8. The summed E-state index contributed by atoms with van der Waals surface area (Å²) in [6.45, 7) is 3.41. The van der Waals surface area contributed by atoms with E-state index < -0.39 is 0 Å². The average molecular weight is 238 g/mol. The largest absolute Gasteiger partial charge is 0.396 e. The molecule has 1 amide bonds. The maximum Gasteiger partial charge on any atom is 0.228 e. The highest BCUT2D eigenvalue weighted by molar-refractivity contribution is 5.78. The second kappa shape index (κ2) is 5.31. The number of likely N-dealkylation sites (tertiary alicyclic amines) is 1. The molecule has 1 aliphatic heterocycles. The van der Waals surface area contributed by atoms with Crippen LogP contribution in [-0.4, -0.2) is 40.8 Å². The van der Waals surface area contributed by atoms with Crippen LogP contribution in [0.25, 0.3) is 0 Å². The summed E-state index contributed by atoms with van der Waals surface area (Å²) in [5.74, 6) is 1.02. The first kappa shape index (κ1) is 12.1. The topological polar surface area (TPSA) is 66.6 Å². The zero-order valence-corrected chi connectivity index (χ0v) is 10.1. The molecular formula is C12H18N2O3. The van der Waals surface area contributed by atoms with Crippen LogP contribution in [0.15, 0.2) is 10.6 Å². The highest BCUT2D eigenvalue weighted by Gasteiger charge is 2.23. The van der Waals surface area contributed by atoms with Gasteiger partial charge in [0.1, 0.15) is 5.76 Å². The monoisotopic (exact) mass is 238 g/mol. The van der Waals surface area contributed by atoms with Gasteiger partial charge in [-0.25, -0.2) is 0 Å². The molecule has 1 aliphatic rings. The number of hydrogen-bond acceptors (Lipinski definition) is 4. The minimum absolute atomic E-state index is 0.0662. The second-order valence-electron chi connectivity index (χ2n) is 4.64. The maximum atomic E-state index is 12.0. The minimum atomic E-state index is 0.0662. The van der Waals surface area contributed by atoms with Crippen molar-refractivity contribution in [3.05, 3.63) is 17.5 Å². The molecule has 5 heteroatoms. The summed E-state index contributed by atoms with van der Waals surface area (Å²) in [6.07, 6.45) is 2.26. The number of carbonyl (C=O) groups is 1. The molecule has 5 nitrogen and oxygen atoms in total. The number of aliphatic hydroxyl groups is 1. The first-order valence-corrected chi connectivity index (χ1v) is 6.00. The van der Waals surface area contributed by atoms with Crippen LogP contribution in [0.4, 0.5) is 0 Å². The number of aliphatic hydroxyl groups excluding tert-OH is 1. The average Bonchev–Trinajstić information content (AvgIpc) is 2.75. The molecule has 1 N–H and O–H groups in total. The summed E-state index contributed by atoms with van der Waals surface area (Å²) in [5.41, 5.74) is 0.679. The molecule has 94 valence electrons. The van der Waals surface area contributed by atoms with Gasteiger partial charge in [0, 0.05) is 25.8 Å². The lowest BCUT2D eigenvalue weighted by Crippen LogP contribution is -2.41. The fourth-order valence-electron chi connectivity index (χ4n) is 2.21. The molecule has 1 fully saturated rings. The van der Waals surface area contributed by atoms with Crippen molar-refractivity contribution in [2.75, 3.05) is 19.7 Å². The van der Waals surface area contributed by atoms with Crippen LogP contribution in [0, 0.1) is 12.8 Å². The summed E-state index contributed by atoms with van der Waals surface area (Å²) >= 11 is 0. The SMILES string of the molecule is Cc1cc(CC(=O)N2CCCC(CO)C2)no1. The van der Waals surface area contributed by atoms with Crippen molar-refractivity contribution in [1.82, 2.24) is 10.1 Å². The molecule has 2 rings (SSSR count). The quantitative estimate of drug-likeness (QED) is 0.844. The summed E-state index contributed by atoms with van der Waals surface area (Å²) < 4.78 is 4.93. The Bertz CT molecular complexity index is 389. The van der Waals surface area contributed by atoms with Crippen molar-refractivity contribution in [2.45, 2.75) is 26.2 Å². The summed E-state index contributed by atoms with van der Waals surface area (Å²) in [5, 5.41) is 12.9. The van der Waals surface area contributed by atoms with Gasteiger partial charge in [-0.2, -0.15) is 0 Å². The minimum Gasteiger partial charge on any atom is -0.396 e. The number of hydrogen-bond donors (Lipinski definition) is 1. The Morgan fingerprint density at radius 2 is 2.53 bits per heavy atom. The van der Waals surface area contributed by atoms with Crippen molar-refractivity contribution >= 4 is 5.91 Å². The van der Waals surface area contributed by atoms with E-state index in [0.717, 1.165) is 25.1 Å². The Hall–Kier alpha value is -1.36. The third-order valence-electron chi connectivity index (χ3n) is 3.14. The Balaban J connectivity index is 1.91. The fraction of sp³-hybridized carbons (Fsp3) is 0.667. The Morgan fingerprint density at radius 1 is 1.71 bits per heavy atom. The van der Waals surface area contributed by atoms with Gasteiger partial charge in [-0.05, 0) is 25.7 Å². The highest BCUT2D eigenvalue weighted by atomic mass is 16.5. The van der Waals surface area contributed by atoms with Crippen LogP contribution in [0.3, 0.4) is 0 Å². The molecule has 1 saturated heterocycles. The van der Waals surface area contributed by atoms with Crippen LogP contribution in [0.2, 0.25) is 0 Å². The maximum absolute atomic E-state index is 12.0. The zero-order chi connectivity index (χ0) is 12.3. The lowest BCUT2D eigenvalue weighted by atomic mass is 9.99. The van der Waals surface area contributed by atoms with Crippen molar-refractivity contribution < 1.29 is 14.4 Å². The summed E-state index contributed by atoms with van der Waals surface area (Å²) in [7, 11) is 0. The lowest BCUT2D eigenvalue weighted by molar-refractivity contribution is -0.132. The van der Waals surface area contributed by atoms with Crippen LogP contribution in [0.1, 0.15) is 24.3 Å². The van der Waals surface area contributed by atoms with Gasteiger partial charge in [0.2, 0.25) is 5.91 Å². The van der Waals surface area contributed by atoms with Gasteiger partial charge in [0.15, 0.2) is 0 Å². The summed E-state index contributed by atoms with van der Waals surface area (Å²) in [6, 6.07) is 1.78. The molecule has 0 saturated carbocycles. The predicted octanol–water partition coefficient (Wildman–Crippen LogP) is 0.756. The molecule has 0 aromatic carbocycles. The van der Waals surface area contributed by atoms with Crippen LogP contribution in [0.5, 0.6) is 0 Å². The second-order valence-corrected chi connectivity index (χ2v) is 4.64. The molecule has 0 radical (unpaired) electrons. The van der Waals surface area contributed by atoms with E-state index in [1.54, 1.807) is 6.07 Å². The molecule has 1 aromatic heterocycles. The van der Waals surface area contributed by atoms with Gasteiger partial charge in [0.05, 0.1) is 12.1 Å². The Kier molecular flexibility index (Phi) is 3.78. The van der Waals surface area contributed by atoms with Gasteiger partial charge in [0.25, 0.3) is 0 Å². The molecule has 0 spiro atoms. The van der Waals surface area contributed by atoms with Gasteiger partial charge in [-0.3, -0.25) is 4.79 Å². The molecule has 2 heterocycles. The normalized spacial score (nSPS) is 20.6. The van der Waals surface area contributed by atoms with E-state index in [1.165, 1.54) is 0 Å². The number of rotatable bonds is 3. The smallest absolute Gasteiger partial charge is 0.228 e. The number of carbonyl (C=O) groups excluding carboxylic acids is 1. The number of nitrogens with zero attached hydrogens (tertiary/aromatic N) is 2. The van der Waals surface area contributed by atoms with Gasteiger partial charge >= 0.3 is 0 Å². The lowest BCUT2D eigenvalue weighted by Gasteiger charge is -2.31. The molecule has 0 aliphatic carbocycles. The van der Waals surface area contributed by atoms with Crippen LogP contribution < -0.4 is 0 Å². The van der Waals surface area contributed by atoms with Crippen molar-refractivity contribution in [1.29, 1.82) is 0 Å². The van der Waals surface area contributed by atoms with E-state index in [-0.39, 0.29) is 24.9 Å². The molecule has 1 atom stereocenters. The molecule has 1 unspecified atom stereocenters.